The lowest BCUT2D eigenvalue weighted by Gasteiger charge is -2.33. The highest BCUT2D eigenvalue weighted by atomic mass is 16.3. The third-order valence-electron chi connectivity index (χ3n) is 5.08. The number of likely N-dealkylation sites (tertiary alicyclic amines) is 1. The lowest BCUT2D eigenvalue weighted by atomic mass is 9.98. The molecule has 0 radical (unpaired) electrons. The second kappa shape index (κ2) is 6.65. The zero-order valence-corrected chi connectivity index (χ0v) is 13.7. The fourth-order valence-corrected chi connectivity index (χ4v) is 3.71. The van der Waals surface area contributed by atoms with Gasteiger partial charge in [-0.1, -0.05) is 24.3 Å². The van der Waals surface area contributed by atoms with Crippen molar-refractivity contribution in [2.45, 2.75) is 25.4 Å². The summed E-state index contributed by atoms with van der Waals surface area (Å²) in [6.07, 6.45) is 7.14. The van der Waals surface area contributed by atoms with Gasteiger partial charge in [-0.25, -0.2) is 0 Å². The Balaban J connectivity index is 1.36. The first kappa shape index (κ1) is 15.2. The number of nitrogens with zero attached hydrogens (tertiary/aromatic N) is 2. The van der Waals surface area contributed by atoms with E-state index >= 15 is 0 Å². The fourth-order valence-electron chi connectivity index (χ4n) is 3.71. The molecule has 124 valence electrons. The number of benzene rings is 1. The van der Waals surface area contributed by atoms with E-state index < -0.39 is 0 Å². The second-order valence-corrected chi connectivity index (χ2v) is 6.56. The number of fused-ring (bicyclic) bond motifs is 1. The van der Waals surface area contributed by atoms with Gasteiger partial charge >= 0.3 is 0 Å². The smallest absolute Gasteiger partial charge is 0.246 e. The molecular formula is C20H22N2O2. The minimum atomic E-state index is 0.0753. The molecule has 0 spiro atoms. The Morgan fingerprint density at radius 1 is 1.12 bits per heavy atom. The van der Waals surface area contributed by atoms with E-state index in [-0.39, 0.29) is 5.91 Å². The van der Waals surface area contributed by atoms with E-state index in [4.69, 9.17) is 4.42 Å². The molecule has 1 amide bonds. The summed E-state index contributed by atoms with van der Waals surface area (Å²) in [4.78, 5) is 16.8. The lowest BCUT2D eigenvalue weighted by Crippen LogP contribution is -2.41. The molecule has 1 aromatic carbocycles. The molecule has 2 aromatic rings. The van der Waals surface area contributed by atoms with Crippen molar-refractivity contribution in [3.05, 3.63) is 65.6 Å². The summed E-state index contributed by atoms with van der Waals surface area (Å²) in [5, 5.41) is 0. The van der Waals surface area contributed by atoms with Gasteiger partial charge in [-0.2, -0.15) is 0 Å². The van der Waals surface area contributed by atoms with Gasteiger partial charge in [0, 0.05) is 38.3 Å². The average Bonchev–Trinajstić information content (AvgIpc) is 3.31. The summed E-state index contributed by atoms with van der Waals surface area (Å²) in [7, 11) is 0. The van der Waals surface area contributed by atoms with E-state index in [9.17, 15) is 4.79 Å². The van der Waals surface area contributed by atoms with Crippen LogP contribution in [0.1, 0.15) is 23.3 Å². The first-order valence-corrected chi connectivity index (χ1v) is 8.61. The van der Waals surface area contributed by atoms with E-state index in [2.05, 4.69) is 29.2 Å². The molecular weight excluding hydrogens is 300 g/mol. The SMILES string of the molecule is O=C(/C=C/c1ccco1)N1CC[C@H](N2CCc3ccccc3C2)C1. The number of furan rings is 1. The van der Waals surface area contributed by atoms with E-state index in [1.165, 1.54) is 11.1 Å². The van der Waals surface area contributed by atoms with Gasteiger partial charge in [0.25, 0.3) is 0 Å². The number of rotatable bonds is 3. The summed E-state index contributed by atoms with van der Waals surface area (Å²) in [6, 6.07) is 12.8. The van der Waals surface area contributed by atoms with E-state index in [1.54, 1.807) is 18.4 Å². The normalized spacial score (nSPS) is 21.3. The Bertz CT molecular complexity index is 736. The maximum Gasteiger partial charge on any atom is 0.246 e. The van der Waals surface area contributed by atoms with Crippen molar-refractivity contribution in [3.63, 3.8) is 0 Å². The van der Waals surface area contributed by atoms with Gasteiger partial charge in [0.05, 0.1) is 6.26 Å². The standard InChI is InChI=1S/C20H22N2O2/c23-20(8-7-19-6-3-13-24-19)22-12-10-18(15-22)21-11-9-16-4-1-2-5-17(16)14-21/h1-8,13,18H,9-12,14-15H2/b8-7+/t18-/m0/s1. The summed E-state index contributed by atoms with van der Waals surface area (Å²) < 4.78 is 5.23. The molecule has 0 saturated carbocycles. The van der Waals surface area contributed by atoms with Crippen molar-refractivity contribution in [1.82, 2.24) is 9.80 Å². The van der Waals surface area contributed by atoms with Crippen LogP contribution in [0.5, 0.6) is 0 Å². The topological polar surface area (TPSA) is 36.7 Å². The van der Waals surface area contributed by atoms with E-state index in [0.29, 0.717) is 11.8 Å². The maximum absolute atomic E-state index is 12.3. The molecule has 0 aliphatic carbocycles. The summed E-state index contributed by atoms with van der Waals surface area (Å²) in [5.41, 5.74) is 2.91. The Labute approximate surface area is 142 Å². The highest BCUT2D eigenvalue weighted by Gasteiger charge is 2.31. The van der Waals surface area contributed by atoms with Gasteiger partial charge < -0.3 is 9.32 Å². The molecule has 4 nitrogen and oxygen atoms in total. The van der Waals surface area contributed by atoms with E-state index in [0.717, 1.165) is 39.0 Å². The zero-order chi connectivity index (χ0) is 16.4. The van der Waals surface area contributed by atoms with Gasteiger partial charge in [0.15, 0.2) is 0 Å². The second-order valence-electron chi connectivity index (χ2n) is 6.56. The molecule has 3 heterocycles. The molecule has 1 fully saturated rings. The predicted octanol–water partition coefficient (Wildman–Crippen LogP) is 2.95. The molecule has 0 bridgehead atoms. The van der Waals surface area contributed by atoms with Crippen molar-refractivity contribution in [3.8, 4) is 0 Å². The Morgan fingerprint density at radius 2 is 2.00 bits per heavy atom. The molecule has 2 aliphatic heterocycles. The van der Waals surface area contributed by atoms with Gasteiger partial charge in [0.2, 0.25) is 5.91 Å². The molecule has 1 saturated heterocycles. The van der Waals surface area contributed by atoms with Gasteiger partial charge in [-0.3, -0.25) is 9.69 Å². The van der Waals surface area contributed by atoms with Crippen LogP contribution in [0.25, 0.3) is 6.08 Å². The van der Waals surface area contributed by atoms with Crippen molar-refractivity contribution >= 4 is 12.0 Å². The third-order valence-corrected chi connectivity index (χ3v) is 5.08. The molecule has 0 unspecified atom stereocenters. The summed E-state index contributed by atoms with van der Waals surface area (Å²) in [5.74, 6) is 0.790. The lowest BCUT2D eigenvalue weighted by molar-refractivity contribution is -0.125. The molecule has 2 aliphatic rings. The van der Waals surface area contributed by atoms with Crippen molar-refractivity contribution < 1.29 is 9.21 Å². The largest absolute Gasteiger partial charge is 0.465 e. The maximum atomic E-state index is 12.3. The summed E-state index contributed by atoms with van der Waals surface area (Å²) in [6.45, 7) is 3.75. The van der Waals surface area contributed by atoms with Gasteiger partial charge in [-0.15, -0.1) is 0 Å². The number of hydrogen-bond donors (Lipinski definition) is 0. The first-order chi connectivity index (χ1) is 11.8. The molecule has 24 heavy (non-hydrogen) atoms. The fraction of sp³-hybridized carbons (Fsp3) is 0.350. The van der Waals surface area contributed by atoms with Crippen LogP contribution in [0.3, 0.4) is 0 Å². The van der Waals surface area contributed by atoms with Crippen molar-refractivity contribution in [2.24, 2.45) is 0 Å². The van der Waals surface area contributed by atoms with Crippen LogP contribution in [0.4, 0.5) is 0 Å². The molecule has 1 atom stereocenters. The van der Waals surface area contributed by atoms with Crippen LogP contribution in [-0.2, 0) is 17.8 Å². The third kappa shape index (κ3) is 3.15. The van der Waals surface area contributed by atoms with Crippen LogP contribution in [0.2, 0.25) is 0 Å². The van der Waals surface area contributed by atoms with Crippen LogP contribution in [-0.4, -0.2) is 41.4 Å². The Hall–Kier alpha value is -2.33. The highest BCUT2D eigenvalue weighted by molar-refractivity contribution is 5.91. The molecule has 1 aromatic heterocycles. The number of hydrogen-bond acceptors (Lipinski definition) is 3. The minimum absolute atomic E-state index is 0.0753. The molecule has 0 N–H and O–H groups in total. The number of carbonyl (C=O) groups excluding carboxylic acids is 1. The summed E-state index contributed by atoms with van der Waals surface area (Å²) >= 11 is 0. The minimum Gasteiger partial charge on any atom is -0.465 e. The highest BCUT2D eigenvalue weighted by Crippen LogP contribution is 2.24. The van der Waals surface area contributed by atoms with Crippen LogP contribution in [0.15, 0.2) is 53.2 Å². The van der Waals surface area contributed by atoms with Gasteiger partial charge in [0.1, 0.15) is 5.76 Å². The number of carbonyl (C=O) groups is 1. The van der Waals surface area contributed by atoms with Crippen LogP contribution in [0, 0.1) is 0 Å². The van der Waals surface area contributed by atoms with Crippen LogP contribution >= 0.6 is 0 Å². The van der Waals surface area contributed by atoms with Crippen molar-refractivity contribution in [2.75, 3.05) is 19.6 Å². The molecule has 4 rings (SSSR count). The quantitative estimate of drug-likeness (QED) is 0.815. The zero-order valence-electron chi connectivity index (χ0n) is 13.7. The monoisotopic (exact) mass is 322 g/mol. The van der Waals surface area contributed by atoms with Crippen molar-refractivity contribution in [1.29, 1.82) is 0 Å². The predicted molar refractivity (Wildman–Crippen MR) is 93.3 cm³/mol. The van der Waals surface area contributed by atoms with Gasteiger partial charge in [-0.05, 0) is 42.2 Å². The molecule has 4 heteroatoms. The average molecular weight is 322 g/mol. The Kier molecular flexibility index (Phi) is 4.22. The first-order valence-electron chi connectivity index (χ1n) is 8.61. The van der Waals surface area contributed by atoms with E-state index in [1.807, 2.05) is 17.0 Å². The number of amides is 1. The van der Waals surface area contributed by atoms with Crippen LogP contribution < -0.4 is 0 Å². The Morgan fingerprint density at radius 3 is 2.83 bits per heavy atom.